The van der Waals surface area contributed by atoms with E-state index in [-0.39, 0.29) is 23.2 Å². The second-order valence-corrected chi connectivity index (χ2v) is 10.6. The fraction of sp³-hybridized carbons (Fsp3) is 0.680. The molecule has 0 saturated carbocycles. The van der Waals surface area contributed by atoms with Gasteiger partial charge in [-0.05, 0) is 89.7 Å². The third-order valence-electron chi connectivity index (χ3n) is 7.28. The zero-order chi connectivity index (χ0) is 23.1. The number of rotatable bonds is 1. The quantitative estimate of drug-likeness (QED) is 0.646. The minimum Gasteiger partial charge on any atom is -0.444 e. The Kier molecular flexibility index (Phi) is 6.23. The van der Waals surface area contributed by atoms with Crippen LogP contribution in [0.5, 0.6) is 0 Å². The molecule has 0 bridgehead atoms. The van der Waals surface area contributed by atoms with E-state index in [1.54, 1.807) is 19.1 Å². The summed E-state index contributed by atoms with van der Waals surface area (Å²) in [4.78, 5) is 30.9. The second kappa shape index (κ2) is 8.65. The molecule has 0 radical (unpaired) electrons. The number of hydrogen-bond donors (Lipinski definition) is 0. The van der Waals surface area contributed by atoms with Crippen LogP contribution in [-0.4, -0.2) is 66.2 Å². The number of hydrogen-bond acceptors (Lipinski definition) is 4. The van der Waals surface area contributed by atoms with E-state index in [2.05, 4.69) is 4.90 Å². The van der Waals surface area contributed by atoms with Crippen LogP contribution in [0.1, 0.15) is 65.4 Å². The molecule has 4 rings (SSSR count). The standard InChI is InChI=1S/C25H36FN3O3/c1-18(30)29-17-25(21-16-19(26)7-8-22(21)29)10-14-27(15-11-25)20-6-5-12-28(13-9-20)23(31)32-24(2,3)4/h7-8,16,20H,5-6,9-15,17H2,1-4H3. The van der Waals surface area contributed by atoms with Crippen molar-refractivity contribution in [1.82, 2.24) is 9.80 Å². The molecule has 2 amide bonds. The Labute approximate surface area is 190 Å². The number of likely N-dealkylation sites (tertiary alicyclic amines) is 2. The Bertz CT molecular complexity index is 874. The fourth-order valence-electron chi connectivity index (χ4n) is 5.62. The van der Waals surface area contributed by atoms with Crippen LogP contribution in [-0.2, 0) is 14.9 Å². The maximum atomic E-state index is 14.1. The zero-order valence-electron chi connectivity index (χ0n) is 19.8. The highest BCUT2D eigenvalue weighted by Gasteiger charge is 2.46. The monoisotopic (exact) mass is 445 g/mol. The molecule has 6 nitrogen and oxygen atoms in total. The van der Waals surface area contributed by atoms with Crippen molar-refractivity contribution in [2.45, 2.75) is 76.9 Å². The molecular formula is C25H36FN3O3. The number of piperidine rings is 1. The van der Waals surface area contributed by atoms with Crippen LogP contribution in [0.15, 0.2) is 18.2 Å². The third-order valence-corrected chi connectivity index (χ3v) is 7.28. The lowest BCUT2D eigenvalue weighted by Gasteiger charge is -2.43. The molecule has 2 fully saturated rings. The number of benzene rings is 1. The Hall–Kier alpha value is -2.15. The average molecular weight is 446 g/mol. The third kappa shape index (κ3) is 4.63. The number of ether oxygens (including phenoxy) is 1. The average Bonchev–Trinajstić information content (AvgIpc) is 2.87. The summed E-state index contributed by atoms with van der Waals surface area (Å²) < 4.78 is 19.6. The van der Waals surface area contributed by atoms with Crippen LogP contribution < -0.4 is 4.90 Å². The first-order chi connectivity index (χ1) is 15.1. The number of carbonyl (C=O) groups excluding carboxylic acids is 2. The first-order valence-electron chi connectivity index (χ1n) is 11.9. The number of carbonyl (C=O) groups is 2. The molecule has 1 aromatic carbocycles. The van der Waals surface area contributed by atoms with Crippen molar-refractivity contribution >= 4 is 17.7 Å². The minimum absolute atomic E-state index is 0.0168. The number of amides is 2. The fourth-order valence-corrected chi connectivity index (χ4v) is 5.62. The summed E-state index contributed by atoms with van der Waals surface area (Å²) in [6, 6.07) is 5.28. The lowest BCUT2D eigenvalue weighted by atomic mass is 9.74. The smallest absolute Gasteiger partial charge is 0.410 e. The van der Waals surface area contributed by atoms with Crippen molar-refractivity contribution in [3.8, 4) is 0 Å². The second-order valence-electron chi connectivity index (χ2n) is 10.6. The van der Waals surface area contributed by atoms with E-state index in [1.807, 2.05) is 30.6 Å². The maximum absolute atomic E-state index is 14.1. The van der Waals surface area contributed by atoms with Crippen molar-refractivity contribution < 1.29 is 18.7 Å². The highest BCUT2D eigenvalue weighted by molar-refractivity contribution is 5.94. The molecule has 1 unspecified atom stereocenters. The summed E-state index contributed by atoms with van der Waals surface area (Å²) in [6.07, 6.45) is 4.59. The molecule has 3 heterocycles. The van der Waals surface area contributed by atoms with E-state index in [1.165, 1.54) is 6.07 Å². The Morgan fingerprint density at radius 1 is 1.09 bits per heavy atom. The Morgan fingerprint density at radius 3 is 2.47 bits per heavy atom. The van der Waals surface area contributed by atoms with Crippen LogP contribution in [0.25, 0.3) is 0 Å². The van der Waals surface area contributed by atoms with Gasteiger partial charge in [-0.25, -0.2) is 9.18 Å². The van der Waals surface area contributed by atoms with Gasteiger partial charge < -0.3 is 19.4 Å². The van der Waals surface area contributed by atoms with Crippen LogP contribution in [0.3, 0.4) is 0 Å². The van der Waals surface area contributed by atoms with E-state index >= 15 is 0 Å². The molecule has 7 heteroatoms. The van der Waals surface area contributed by atoms with Gasteiger partial charge in [0.05, 0.1) is 0 Å². The van der Waals surface area contributed by atoms with Gasteiger partial charge >= 0.3 is 6.09 Å². The maximum Gasteiger partial charge on any atom is 0.410 e. The summed E-state index contributed by atoms with van der Waals surface area (Å²) in [7, 11) is 0. The summed E-state index contributed by atoms with van der Waals surface area (Å²) in [5.41, 5.74) is 1.22. The van der Waals surface area contributed by atoms with Gasteiger partial charge in [0.25, 0.3) is 0 Å². The van der Waals surface area contributed by atoms with Crippen molar-refractivity contribution in [3.05, 3.63) is 29.6 Å². The molecule has 176 valence electrons. The molecule has 1 spiro atoms. The number of anilines is 1. The molecule has 1 aromatic rings. The van der Waals surface area contributed by atoms with Crippen molar-refractivity contribution in [1.29, 1.82) is 0 Å². The lowest BCUT2D eigenvalue weighted by Crippen LogP contribution is -2.49. The van der Waals surface area contributed by atoms with E-state index in [9.17, 15) is 14.0 Å². The van der Waals surface area contributed by atoms with Crippen LogP contribution in [0, 0.1) is 5.82 Å². The SMILES string of the molecule is CC(=O)N1CC2(CCN(C3CCCN(C(=O)OC(C)(C)C)CC3)CC2)c2cc(F)ccc21. The molecule has 0 aromatic heterocycles. The molecule has 32 heavy (non-hydrogen) atoms. The van der Waals surface area contributed by atoms with Crippen molar-refractivity contribution in [2.24, 2.45) is 0 Å². The number of nitrogens with zero attached hydrogens (tertiary/aromatic N) is 3. The Balaban J connectivity index is 1.40. The summed E-state index contributed by atoms with van der Waals surface area (Å²) in [5, 5.41) is 0. The van der Waals surface area contributed by atoms with Gasteiger partial charge in [0, 0.05) is 43.7 Å². The van der Waals surface area contributed by atoms with Gasteiger partial charge in [-0.2, -0.15) is 0 Å². The molecule has 0 N–H and O–H groups in total. The van der Waals surface area contributed by atoms with Gasteiger partial charge in [-0.1, -0.05) is 0 Å². The first-order valence-corrected chi connectivity index (χ1v) is 11.9. The zero-order valence-corrected chi connectivity index (χ0v) is 19.8. The molecule has 2 saturated heterocycles. The van der Waals surface area contributed by atoms with Gasteiger partial charge in [0.2, 0.25) is 5.91 Å². The molecule has 3 aliphatic rings. The van der Waals surface area contributed by atoms with E-state index in [4.69, 9.17) is 4.74 Å². The largest absolute Gasteiger partial charge is 0.444 e. The summed E-state index contributed by atoms with van der Waals surface area (Å²) in [5.74, 6) is -0.217. The van der Waals surface area contributed by atoms with Gasteiger partial charge in [0.1, 0.15) is 11.4 Å². The molecule has 0 aliphatic carbocycles. The summed E-state index contributed by atoms with van der Waals surface area (Å²) >= 11 is 0. The van der Waals surface area contributed by atoms with E-state index in [0.29, 0.717) is 19.1 Å². The summed E-state index contributed by atoms with van der Waals surface area (Å²) in [6.45, 7) is 11.2. The highest BCUT2D eigenvalue weighted by Crippen LogP contribution is 2.47. The lowest BCUT2D eigenvalue weighted by molar-refractivity contribution is -0.116. The van der Waals surface area contributed by atoms with E-state index in [0.717, 1.165) is 63.0 Å². The van der Waals surface area contributed by atoms with Gasteiger partial charge in [-0.15, -0.1) is 0 Å². The topological polar surface area (TPSA) is 53.1 Å². The molecular weight excluding hydrogens is 409 g/mol. The van der Waals surface area contributed by atoms with Crippen molar-refractivity contribution in [3.63, 3.8) is 0 Å². The normalized spacial score (nSPS) is 23.7. The first kappa shape index (κ1) is 23.0. The minimum atomic E-state index is -0.477. The van der Waals surface area contributed by atoms with Crippen molar-refractivity contribution in [2.75, 3.05) is 37.6 Å². The van der Waals surface area contributed by atoms with Gasteiger partial charge in [0.15, 0.2) is 0 Å². The van der Waals surface area contributed by atoms with E-state index < -0.39 is 5.60 Å². The predicted molar refractivity (Wildman–Crippen MR) is 122 cm³/mol. The van der Waals surface area contributed by atoms with Gasteiger partial charge in [-0.3, -0.25) is 4.79 Å². The van der Waals surface area contributed by atoms with Crippen LogP contribution >= 0.6 is 0 Å². The van der Waals surface area contributed by atoms with Crippen LogP contribution in [0.4, 0.5) is 14.9 Å². The number of fused-ring (bicyclic) bond motifs is 2. The molecule has 3 aliphatic heterocycles. The highest BCUT2D eigenvalue weighted by atomic mass is 19.1. The number of halogens is 1. The van der Waals surface area contributed by atoms with Crippen LogP contribution in [0.2, 0.25) is 0 Å². The molecule has 1 atom stereocenters. The predicted octanol–water partition coefficient (Wildman–Crippen LogP) is 4.32. The Morgan fingerprint density at radius 2 is 1.81 bits per heavy atom.